The molecule has 0 aromatic carbocycles. The van der Waals surface area contributed by atoms with Gasteiger partial charge < -0.3 is 19.9 Å². The number of amides is 2. The highest BCUT2D eigenvalue weighted by atomic mass is 32.1. The molecule has 2 aliphatic rings. The maximum absolute atomic E-state index is 12.3. The number of carbonyl (C=O) groups is 2. The number of piperazine rings is 1. The van der Waals surface area contributed by atoms with E-state index in [9.17, 15) is 9.59 Å². The van der Waals surface area contributed by atoms with Crippen molar-refractivity contribution in [3.05, 3.63) is 10.6 Å². The van der Waals surface area contributed by atoms with E-state index in [0.717, 1.165) is 56.3 Å². The van der Waals surface area contributed by atoms with Crippen LogP contribution in [0.5, 0.6) is 0 Å². The van der Waals surface area contributed by atoms with Gasteiger partial charge in [-0.15, -0.1) is 11.3 Å². The Bertz CT molecular complexity index is 640. The Morgan fingerprint density at radius 2 is 2.08 bits per heavy atom. The summed E-state index contributed by atoms with van der Waals surface area (Å²) in [5.41, 5.74) is 1.15. The fourth-order valence-corrected chi connectivity index (χ4v) is 4.75. The molecule has 7 nitrogen and oxygen atoms in total. The summed E-state index contributed by atoms with van der Waals surface area (Å²) >= 11 is 1.71. The van der Waals surface area contributed by atoms with Gasteiger partial charge in [-0.3, -0.25) is 9.59 Å². The van der Waals surface area contributed by atoms with E-state index in [1.807, 2.05) is 11.8 Å². The molecule has 144 valence electrons. The minimum Gasteiger partial charge on any atom is -0.383 e. The Kier molecular flexibility index (Phi) is 6.48. The number of methoxy groups -OCH3 is 1. The van der Waals surface area contributed by atoms with E-state index < -0.39 is 0 Å². The van der Waals surface area contributed by atoms with Crippen LogP contribution in [0.15, 0.2) is 0 Å². The number of aryl methyl sites for hydroxylation is 1. The lowest BCUT2D eigenvalue weighted by Gasteiger charge is -2.34. The average molecular weight is 381 g/mol. The van der Waals surface area contributed by atoms with E-state index in [1.165, 1.54) is 4.88 Å². The first-order valence-corrected chi connectivity index (χ1v) is 10.2. The number of carbonyl (C=O) groups excluding carboxylic acids is 2. The third-order valence-corrected chi connectivity index (χ3v) is 6.29. The standard InChI is InChI=1S/C18H28N4O3S/c1-3-16(23)21-7-9-22(10-8-21)18-20-14-5-4-13(12-15(14)26-18)17(24)19-6-11-25-2/h13H,3-12H2,1-2H3,(H,19,24). The van der Waals surface area contributed by atoms with Crippen molar-refractivity contribution in [3.8, 4) is 0 Å². The SMILES string of the molecule is CCC(=O)N1CCN(c2nc3c(s2)CC(C(=O)NCCOC)CC3)CC1. The van der Waals surface area contributed by atoms with Crippen LogP contribution in [0, 0.1) is 5.92 Å². The zero-order valence-corrected chi connectivity index (χ0v) is 16.4. The largest absolute Gasteiger partial charge is 0.383 e. The van der Waals surface area contributed by atoms with Crippen LogP contribution in [0.2, 0.25) is 0 Å². The zero-order chi connectivity index (χ0) is 18.5. The molecule has 0 spiro atoms. The molecule has 1 unspecified atom stereocenters. The van der Waals surface area contributed by atoms with E-state index >= 15 is 0 Å². The van der Waals surface area contributed by atoms with Crippen molar-refractivity contribution in [2.24, 2.45) is 5.92 Å². The number of nitrogens with one attached hydrogen (secondary N) is 1. The van der Waals surface area contributed by atoms with Gasteiger partial charge in [-0.2, -0.15) is 0 Å². The number of aromatic nitrogens is 1. The highest BCUT2D eigenvalue weighted by molar-refractivity contribution is 7.15. The van der Waals surface area contributed by atoms with Crippen molar-refractivity contribution in [1.29, 1.82) is 0 Å². The zero-order valence-electron chi connectivity index (χ0n) is 15.6. The van der Waals surface area contributed by atoms with Crippen molar-refractivity contribution in [1.82, 2.24) is 15.2 Å². The molecule has 1 N–H and O–H groups in total. The molecule has 3 rings (SSSR count). The van der Waals surface area contributed by atoms with Gasteiger partial charge in [0, 0.05) is 57.0 Å². The Morgan fingerprint density at radius 1 is 1.31 bits per heavy atom. The first kappa shape index (κ1) is 19.1. The monoisotopic (exact) mass is 380 g/mol. The third-order valence-electron chi connectivity index (χ3n) is 5.11. The number of fused-ring (bicyclic) bond motifs is 1. The number of rotatable bonds is 6. The Hall–Kier alpha value is -1.67. The molecule has 1 aliphatic heterocycles. The average Bonchev–Trinajstić information content (AvgIpc) is 3.11. The van der Waals surface area contributed by atoms with Crippen LogP contribution < -0.4 is 10.2 Å². The minimum absolute atomic E-state index is 0.0340. The molecule has 26 heavy (non-hydrogen) atoms. The van der Waals surface area contributed by atoms with E-state index in [2.05, 4.69) is 10.2 Å². The summed E-state index contributed by atoms with van der Waals surface area (Å²) in [6.45, 7) is 6.21. The molecular weight excluding hydrogens is 352 g/mol. The number of hydrogen-bond donors (Lipinski definition) is 1. The predicted octanol–water partition coefficient (Wildman–Crippen LogP) is 1.07. The first-order chi connectivity index (χ1) is 12.6. The summed E-state index contributed by atoms with van der Waals surface area (Å²) in [4.78, 5) is 34.4. The number of anilines is 1. The predicted molar refractivity (Wildman–Crippen MR) is 102 cm³/mol. The van der Waals surface area contributed by atoms with Crippen LogP contribution in [-0.2, 0) is 27.2 Å². The van der Waals surface area contributed by atoms with Crippen molar-refractivity contribution in [2.75, 3.05) is 51.3 Å². The smallest absolute Gasteiger partial charge is 0.223 e. The van der Waals surface area contributed by atoms with Crippen molar-refractivity contribution in [3.63, 3.8) is 0 Å². The Balaban J connectivity index is 1.56. The number of ether oxygens (including phenoxy) is 1. The maximum atomic E-state index is 12.3. The Labute approximate surface area is 158 Å². The molecule has 1 aromatic rings. The molecule has 1 saturated heterocycles. The normalized spacial score (nSPS) is 20.0. The van der Waals surface area contributed by atoms with Gasteiger partial charge in [-0.05, 0) is 19.3 Å². The lowest BCUT2D eigenvalue weighted by Crippen LogP contribution is -2.48. The van der Waals surface area contributed by atoms with Gasteiger partial charge in [0.15, 0.2) is 5.13 Å². The maximum Gasteiger partial charge on any atom is 0.223 e. The van der Waals surface area contributed by atoms with Gasteiger partial charge in [0.2, 0.25) is 11.8 Å². The number of hydrogen-bond acceptors (Lipinski definition) is 6. The van der Waals surface area contributed by atoms with Crippen molar-refractivity contribution < 1.29 is 14.3 Å². The summed E-state index contributed by atoms with van der Waals surface area (Å²) < 4.78 is 4.98. The molecule has 0 saturated carbocycles. The molecule has 1 aromatic heterocycles. The molecular formula is C18H28N4O3S. The molecule has 8 heteroatoms. The van der Waals surface area contributed by atoms with Gasteiger partial charge in [0.25, 0.3) is 0 Å². The molecule has 2 amide bonds. The van der Waals surface area contributed by atoms with Crippen LogP contribution >= 0.6 is 11.3 Å². The summed E-state index contributed by atoms with van der Waals surface area (Å²) in [7, 11) is 1.63. The highest BCUT2D eigenvalue weighted by Gasteiger charge is 2.29. The lowest BCUT2D eigenvalue weighted by molar-refractivity contribution is -0.131. The van der Waals surface area contributed by atoms with Crippen LogP contribution in [0.1, 0.15) is 30.3 Å². The van der Waals surface area contributed by atoms with Gasteiger partial charge in [-0.25, -0.2) is 4.98 Å². The summed E-state index contributed by atoms with van der Waals surface area (Å²) in [6.07, 6.45) is 3.07. The molecule has 1 aliphatic carbocycles. The fraction of sp³-hybridized carbons (Fsp3) is 0.722. The third kappa shape index (κ3) is 4.35. The lowest BCUT2D eigenvalue weighted by atomic mass is 9.90. The second kappa shape index (κ2) is 8.81. The molecule has 2 heterocycles. The molecule has 1 fully saturated rings. The van der Waals surface area contributed by atoms with Crippen LogP contribution in [-0.4, -0.2) is 68.1 Å². The van der Waals surface area contributed by atoms with E-state index in [-0.39, 0.29) is 17.7 Å². The second-order valence-corrected chi connectivity index (χ2v) is 7.87. The molecule has 0 radical (unpaired) electrons. The van der Waals surface area contributed by atoms with Crippen LogP contribution in [0.3, 0.4) is 0 Å². The van der Waals surface area contributed by atoms with Gasteiger partial charge in [-0.1, -0.05) is 6.92 Å². The summed E-state index contributed by atoms with van der Waals surface area (Å²) in [5.74, 6) is 0.381. The van der Waals surface area contributed by atoms with E-state index in [1.54, 1.807) is 18.4 Å². The highest BCUT2D eigenvalue weighted by Crippen LogP contribution is 2.34. The molecule has 1 atom stereocenters. The van der Waals surface area contributed by atoms with E-state index in [4.69, 9.17) is 9.72 Å². The van der Waals surface area contributed by atoms with Gasteiger partial charge in [0.1, 0.15) is 0 Å². The van der Waals surface area contributed by atoms with Gasteiger partial charge >= 0.3 is 0 Å². The quantitative estimate of drug-likeness (QED) is 0.747. The summed E-state index contributed by atoms with van der Waals surface area (Å²) in [6, 6.07) is 0. The molecule has 0 bridgehead atoms. The number of nitrogens with zero attached hydrogens (tertiary/aromatic N) is 3. The summed E-state index contributed by atoms with van der Waals surface area (Å²) in [5, 5.41) is 3.99. The first-order valence-electron chi connectivity index (χ1n) is 9.40. The van der Waals surface area contributed by atoms with Crippen LogP contribution in [0.25, 0.3) is 0 Å². The van der Waals surface area contributed by atoms with E-state index in [0.29, 0.717) is 19.6 Å². The van der Waals surface area contributed by atoms with Gasteiger partial charge in [0.05, 0.1) is 12.3 Å². The van der Waals surface area contributed by atoms with Crippen molar-refractivity contribution >= 4 is 28.3 Å². The van der Waals surface area contributed by atoms with Crippen LogP contribution in [0.4, 0.5) is 5.13 Å². The minimum atomic E-state index is 0.0340. The Morgan fingerprint density at radius 3 is 2.77 bits per heavy atom. The second-order valence-electron chi connectivity index (χ2n) is 6.81. The fourth-order valence-electron chi connectivity index (χ4n) is 3.51. The van der Waals surface area contributed by atoms with Crippen molar-refractivity contribution in [2.45, 2.75) is 32.6 Å². The number of thiazole rings is 1. The topological polar surface area (TPSA) is 74.8 Å².